The van der Waals surface area contributed by atoms with Crippen molar-refractivity contribution in [2.45, 2.75) is 12.2 Å². The fraction of sp³-hybridized carbons (Fsp3) is 0.250. The average Bonchev–Trinajstić information content (AvgIpc) is 2.79. The van der Waals surface area contributed by atoms with Crippen molar-refractivity contribution in [3.8, 4) is 6.07 Å². The molecule has 2 atom stereocenters. The van der Waals surface area contributed by atoms with Crippen molar-refractivity contribution in [1.29, 1.82) is 5.26 Å². The van der Waals surface area contributed by atoms with Gasteiger partial charge >= 0.3 is 0 Å². The maximum atomic E-state index is 9.90. The lowest BCUT2D eigenvalue weighted by molar-refractivity contribution is 0.0336. The fourth-order valence-corrected chi connectivity index (χ4v) is 1.92. The van der Waals surface area contributed by atoms with E-state index in [4.69, 9.17) is 16.9 Å². The largest absolute Gasteiger partial charge is 0.389 e. The zero-order chi connectivity index (χ0) is 12.4. The van der Waals surface area contributed by atoms with Crippen LogP contribution in [0.4, 0.5) is 0 Å². The second kappa shape index (κ2) is 4.76. The Labute approximate surface area is 103 Å². The molecule has 0 aliphatic heterocycles. The van der Waals surface area contributed by atoms with Crippen molar-refractivity contribution in [2.75, 3.05) is 5.88 Å². The first-order valence-corrected chi connectivity index (χ1v) is 5.64. The van der Waals surface area contributed by atoms with E-state index in [1.165, 1.54) is 0 Å². The van der Waals surface area contributed by atoms with Crippen LogP contribution in [0.15, 0.2) is 24.4 Å². The number of aromatic nitrogens is 1. The van der Waals surface area contributed by atoms with E-state index in [1.807, 2.05) is 6.07 Å². The molecule has 3 N–H and O–H groups in total. The minimum atomic E-state index is -1.06. The molecule has 2 aromatic rings. The summed E-state index contributed by atoms with van der Waals surface area (Å²) in [5, 5.41) is 29.0. The van der Waals surface area contributed by atoms with Gasteiger partial charge in [0.1, 0.15) is 6.10 Å². The van der Waals surface area contributed by atoms with Gasteiger partial charge < -0.3 is 15.2 Å². The normalized spacial score (nSPS) is 14.5. The van der Waals surface area contributed by atoms with Crippen LogP contribution in [0, 0.1) is 11.3 Å². The van der Waals surface area contributed by atoms with Crippen LogP contribution in [0.2, 0.25) is 0 Å². The standard InChI is InChI=1S/C12H11ClN2O2/c13-4-11(16)12(17)9-6-15-10-2-1-7(5-14)3-8(9)10/h1-3,6,11-12,15-17H,4H2. The topological polar surface area (TPSA) is 80.0 Å². The van der Waals surface area contributed by atoms with Crippen LogP contribution in [0.25, 0.3) is 10.9 Å². The van der Waals surface area contributed by atoms with E-state index in [9.17, 15) is 10.2 Å². The lowest BCUT2D eigenvalue weighted by Crippen LogP contribution is -2.19. The molecule has 0 fully saturated rings. The molecule has 0 aliphatic rings. The van der Waals surface area contributed by atoms with Crippen molar-refractivity contribution in [2.24, 2.45) is 0 Å². The first-order valence-electron chi connectivity index (χ1n) is 5.10. The van der Waals surface area contributed by atoms with Crippen molar-refractivity contribution >= 4 is 22.5 Å². The first-order chi connectivity index (χ1) is 8.17. The van der Waals surface area contributed by atoms with E-state index < -0.39 is 12.2 Å². The Hall–Kier alpha value is -1.54. The second-order valence-electron chi connectivity index (χ2n) is 3.78. The van der Waals surface area contributed by atoms with E-state index in [0.717, 1.165) is 10.9 Å². The molecule has 88 valence electrons. The lowest BCUT2D eigenvalue weighted by atomic mass is 10.0. The van der Waals surface area contributed by atoms with Crippen molar-refractivity contribution in [3.63, 3.8) is 0 Å². The molecule has 17 heavy (non-hydrogen) atoms. The summed E-state index contributed by atoms with van der Waals surface area (Å²) in [6.07, 6.45) is -0.469. The Morgan fingerprint density at radius 3 is 2.82 bits per heavy atom. The van der Waals surface area contributed by atoms with Gasteiger partial charge in [-0.25, -0.2) is 0 Å². The summed E-state index contributed by atoms with van der Waals surface area (Å²) in [6, 6.07) is 7.15. The molecular weight excluding hydrogens is 240 g/mol. The third-order valence-corrected chi connectivity index (χ3v) is 3.00. The smallest absolute Gasteiger partial charge is 0.108 e. The molecule has 1 aromatic heterocycles. The van der Waals surface area contributed by atoms with E-state index in [0.29, 0.717) is 11.1 Å². The van der Waals surface area contributed by atoms with Gasteiger partial charge in [0.05, 0.1) is 23.6 Å². The summed E-state index contributed by atoms with van der Waals surface area (Å²) in [5.74, 6) is -0.0498. The minimum Gasteiger partial charge on any atom is -0.389 e. The molecule has 1 heterocycles. The molecule has 5 heteroatoms. The third-order valence-electron chi connectivity index (χ3n) is 2.68. The summed E-state index contributed by atoms with van der Waals surface area (Å²) in [5.41, 5.74) is 1.86. The Kier molecular flexibility index (Phi) is 3.34. The van der Waals surface area contributed by atoms with Gasteiger partial charge in [0.25, 0.3) is 0 Å². The lowest BCUT2D eigenvalue weighted by Gasteiger charge is -2.14. The number of rotatable bonds is 3. The molecule has 0 aliphatic carbocycles. The van der Waals surface area contributed by atoms with E-state index in [-0.39, 0.29) is 5.88 Å². The number of hydrogen-bond donors (Lipinski definition) is 3. The Balaban J connectivity index is 2.51. The van der Waals surface area contributed by atoms with Gasteiger partial charge in [-0.15, -0.1) is 11.6 Å². The molecule has 0 bridgehead atoms. The van der Waals surface area contributed by atoms with Crippen LogP contribution in [0.5, 0.6) is 0 Å². The van der Waals surface area contributed by atoms with Gasteiger partial charge in [0.2, 0.25) is 0 Å². The number of aliphatic hydroxyl groups excluding tert-OH is 2. The molecule has 0 amide bonds. The molecule has 0 saturated heterocycles. The average molecular weight is 251 g/mol. The van der Waals surface area contributed by atoms with Gasteiger partial charge in [-0.05, 0) is 18.2 Å². The number of alkyl halides is 1. The number of nitriles is 1. The fourth-order valence-electron chi connectivity index (χ4n) is 1.75. The zero-order valence-corrected chi connectivity index (χ0v) is 9.65. The van der Waals surface area contributed by atoms with Crippen LogP contribution in [0.1, 0.15) is 17.2 Å². The molecule has 2 rings (SSSR count). The van der Waals surface area contributed by atoms with Crippen molar-refractivity contribution in [3.05, 3.63) is 35.5 Å². The predicted molar refractivity (Wildman–Crippen MR) is 64.7 cm³/mol. The Morgan fingerprint density at radius 2 is 2.18 bits per heavy atom. The van der Waals surface area contributed by atoms with Crippen LogP contribution in [-0.4, -0.2) is 27.2 Å². The number of halogens is 1. The Bertz CT molecular complexity index is 573. The number of hydrogen-bond acceptors (Lipinski definition) is 3. The van der Waals surface area contributed by atoms with Gasteiger partial charge in [0.15, 0.2) is 0 Å². The van der Waals surface area contributed by atoms with Gasteiger partial charge in [-0.2, -0.15) is 5.26 Å². The molecule has 0 spiro atoms. The highest BCUT2D eigenvalue weighted by Crippen LogP contribution is 2.27. The van der Waals surface area contributed by atoms with Crippen LogP contribution >= 0.6 is 11.6 Å². The quantitative estimate of drug-likeness (QED) is 0.725. The number of aliphatic hydroxyl groups is 2. The predicted octanol–water partition coefficient (Wildman–Crippen LogP) is 1.67. The number of nitrogens with zero attached hydrogens (tertiary/aromatic N) is 1. The minimum absolute atomic E-state index is 0.0498. The van der Waals surface area contributed by atoms with E-state index in [2.05, 4.69) is 4.98 Å². The van der Waals surface area contributed by atoms with Crippen molar-refractivity contribution < 1.29 is 10.2 Å². The molecular formula is C12H11ClN2O2. The third kappa shape index (κ3) is 2.13. The van der Waals surface area contributed by atoms with E-state index in [1.54, 1.807) is 24.4 Å². The molecule has 1 aromatic carbocycles. The second-order valence-corrected chi connectivity index (χ2v) is 4.09. The number of fused-ring (bicyclic) bond motifs is 1. The maximum absolute atomic E-state index is 9.90. The number of aromatic amines is 1. The highest BCUT2D eigenvalue weighted by molar-refractivity contribution is 6.18. The van der Waals surface area contributed by atoms with E-state index >= 15 is 0 Å². The van der Waals surface area contributed by atoms with Gasteiger partial charge in [-0.3, -0.25) is 0 Å². The summed E-state index contributed by atoms with van der Waals surface area (Å²) in [6.45, 7) is 0. The Morgan fingerprint density at radius 1 is 1.41 bits per heavy atom. The number of H-pyrrole nitrogens is 1. The van der Waals surface area contributed by atoms with Gasteiger partial charge in [0, 0.05) is 22.7 Å². The summed E-state index contributed by atoms with van der Waals surface area (Å²) < 4.78 is 0. The molecule has 0 radical (unpaired) electrons. The first kappa shape index (κ1) is 11.9. The van der Waals surface area contributed by atoms with Crippen LogP contribution in [-0.2, 0) is 0 Å². The molecule has 2 unspecified atom stereocenters. The highest BCUT2D eigenvalue weighted by Gasteiger charge is 2.20. The summed E-state index contributed by atoms with van der Waals surface area (Å²) >= 11 is 5.50. The monoisotopic (exact) mass is 250 g/mol. The summed E-state index contributed by atoms with van der Waals surface area (Å²) in [4.78, 5) is 2.98. The van der Waals surface area contributed by atoms with Crippen LogP contribution in [0.3, 0.4) is 0 Å². The molecule has 4 nitrogen and oxygen atoms in total. The van der Waals surface area contributed by atoms with Crippen molar-refractivity contribution in [1.82, 2.24) is 4.98 Å². The number of benzene rings is 1. The maximum Gasteiger partial charge on any atom is 0.108 e. The zero-order valence-electron chi connectivity index (χ0n) is 8.89. The molecule has 0 saturated carbocycles. The SMILES string of the molecule is N#Cc1ccc2[nH]cc(C(O)C(O)CCl)c2c1. The van der Waals surface area contributed by atoms with Crippen LogP contribution < -0.4 is 0 Å². The number of nitrogens with one attached hydrogen (secondary N) is 1. The summed E-state index contributed by atoms with van der Waals surface area (Å²) in [7, 11) is 0. The highest BCUT2D eigenvalue weighted by atomic mass is 35.5. The van der Waals surface area contributed by atoms with Gasteiger partial charge in [-0.1, -0.05) is 0 Å².